The lowest BCUT2D eigenvalue weighted by atomic mass is 9.99. The van der Waals surface area contributed by atoms with Gasteiger partial charge in [-0.3, -0.25) is 4.90 Å². The molecule has 3 nitrogen and oxygen atoms in total. The molecule has 106 valence electrons. The van der Waals surface area contributed by atoms with Crippen LogP contribution in [0.4, 0.5) is 0 Å². The zero-order valence-corrected chi connectivity index (χ0v) is 11.8. The number of aliphatic hydroxyl groups is 1. The number of aryl methyl sites for hydroxylation is 1. The summed E-state index contributed by atoms with van der Waals surface area (Å²) in [6, 6.07) is 8.34. The van der Waals surface area contributed by atoms with E-state index in [1.54, 1.807) is 0 Å². The van der Waals surface area contributed by atoms with Gasteiger partial charge in [0.1, 0.15) is 12.4 Å². The van der Waals surface area contributed by atoms with Gasteiger partial charge in [-0.15, -0.1) is 0 Å². The Morgan fingerprint density at radius 2 is 2.11 bits per heavy atom. The van der Waals surface area contributed by atoms with Crippen molar-refractivity contribution >= 4 is 0 Å². The predicted octanol–water partition coefficient (Wildman–Crippen LogP) is 2.33. The summed E-state index contributed by atoms with van der Waals surface area (Å²) < 4.78 is 5.77. The summed E-state index contributed by atoms with van der Waals surface area (Å²) >= 11 is 0. The van der Waals surface area contributed by atoms with Crippen LogP contribution in [0.15, 0.2) is 24.3 Å². The number of nitrogens with zero attached hydrogens (tertiary/aromatic N) is 1. The molecule has 1 unspecified atom stereocenters. The molecule has 2 rings (SSSR count). The van der Waals surface area contributed by atoms with Gasteiger partial charge in [0.05, 0.1) is 0 Å². The van der Waals surface area contributed by atoms with Gasteiger partial charge in [-0.25, -0.2) is 0 Å². The molecule has 1 aliphatic heterocycles. The van der Waals surface area contributed by atoms with Crippen LogP contribution in [0.5, 0.6) is 5.75 Å². The fourth-order valence-corrected chi connectivity index (χ4v) is 2.62. The molecule has 1 aliphatic rings. The maximum atomic E-state index is 9.20. The first-order valence-electron chi connectivity index (χ1n) is 7.36. The second-order valence-electron chi connectivity index (χ2n) is 5.34. The first kappa shape index (κ1) is 14.4. The number of piperidine rings is 1. The summed E-state index contributed by atoms with van der Waals surface area (Å²) in [4.78, 5) is 2.39. The maximum absolute atomic E-state index is 9.20. The molecule has 0 bridgehead atoms. The van der Waals surface area contributed by atoms with Crippen molar-refractivity contribution in [3.05, 3.63) is 29.8 Å². The molecule has 1 aromatic rings. The Morgan fingerprint density at radius 3 is 2.79 bits per heavy atom. The average Bonchev–Trinajstić information content (AvgIpc) is 2.48. The van der Waals surface area contributed by atoms with Crippen molar-refractivity contribution in [1.29, 1.82) is 0 Å². The molecule has 1 atom stereocenters. The van der Waals surface area contributed by atoms with E-state index >= 15 is 0 Å². The predicted molar refractivity (Wildman–Crippen MR) is 77.6 cm³/mol. The fourth-order valence-electron chi connectivity index (χ4n) is 2.62. The smallest absolute Gasteiger partial charge is 0.119 e. The number of hydrogen-bond acceptors (Lipinski definition) is 3. The van der Waals surface area contributed by atoms with Crippen LogP contribution >= 0.6 is 0 Å². The molecule has 1 saturated heterocycles. The SMILES string of the molecule is CCc1ccc(OCCN2CCCC(CO)C2)cc1. The van der Waals surface area contributed by atoms with Gasteiger partial charge in [0.2, 0.25) is 0 Å². The lowest BCUT2D eigenvalue weighted by molar-refractivity contribution is 0.107. The Kier molecular flexibility index (Phi) is 5.67. The standard InChI is InChI=1S/C16H25NO2/c1-2-14-5-7-16(8-6-14)19-11-10-17-9-3-4-15(12-17)13-18/h5-8,15,18H,2-4,9-13H2,1H3. The highest BCUT2D eigenvalue weighted by molar-refractivity contribution is 5.27. The lowest BCUT2D eigenvalue weighted by Gasteiger charge is -2.31. The zero-order valence-electron chi connectivity index (χ0n) is 11.8. The van der Waals surface area contributed by atoms with E-state index in [1.807, 2.05) is 12.1 Å². The average molecular weight is 263 g/mol. The van der Waals surface area contributed by atoms with Crippen molar-refractivity contribution in [2.45, 2.75) is 26.2 Å². The minimum atomic E-state index is 0.315. The molecule has 0 amide bonds. The van der Waals surface area contributed by atoms with Gasteiger partial charge in [0.15, 0.2) is 0 Å². The maximum Gasteiger partial charge on any atom is 0.119 e. The number of benzene rings is 1. The molecule has 0 aliphatic carbocycles. The molecule has 1 aromatic carbocycles. The summed E-state index contributed by atoms with van der Waals surface area (Å²) in [5.74, 6) is 1.41. The highest BCUT2D eigenvalue weighted by atomic mass is 16.5. The third kappa shape index (κ3) is 4.51. The third-order valence-corrected chi connectivity index (χ3v) is 3.87. The lowest BCUT2D eigenvalue weighted by Crippen LogP contribution is -2.39. The summed E-state index contributed by atoms with van der Waals surface area (Å²) in [7, 11) is 0. The Morgan fingerprint density at radius 1 is 1.32 bits per heavy atom. The van der Waals surface area contributed by atoms with Crippen molar-refractivity contribution in [3.63, 3.8) is 0 Å². The van der Waals surface area contributed by atoms with E-state index in [4.69, 9.17) is 4.74 Å². The van der Waals surface area contributed by atoms with Crippen LogP contribution in [0.2, 0.25) is 0 Å². The first-order valence-corrected chi connectivity index (χ1v) is 7.36. The van der Waals surface area contributed by atoms with Crippen molar-refractivity contribution in [2.75, 3.05) is 32.8 Å². The fraction of sp³-hybridized carbons (Fsp3) is 0.625. The molecule has 1 fully saturated rings. The topological polar surface area (TPSA) is 32.7 Å². The van der Waals surface area contributed by atoms with E-state index in [1.165, 1.54) is 12.0 Å². The van der Waals surface area contributed by atoms with Gasteiger partial charge in [-0.1, -0.05) is 19.1 Å². The number of ether oxygens (including phenoxy) is 1. The van der Waals surface area contributed by atoms with Crippen molar-refractivity contribution in [1.82, 2.24) is 4.90 Å². The van der Waals surface area contributed by atoms with Crippen molar-refractivity contribution in [2.24, 2.45) is 5.92 Å². The number of rotatable bonds is 6. The second-order valence-corrected chi connectivity index (χ2v) is 5.34. The van der Waals surface area contributed by atoms with Gasteiger partial charge >= 0.3 is 0 Å². The van der Waals surface area contributed by atoms with Crippen LogP contribution in [0.25, 0.3) is 0 Å². The second kappa shape index (κ2) is 7.51. The Labute approximate surface area is 116 Å². The summed E-state index contributed by atoms with van der Waals surface area (Å²) in [5.41, 5.74) is 1.34. The van der Waals surface area contributed by atoms with Gasteiger partial charge in [0, 0.05) is 19.7 Å². The van der Waals surface area contributed by atoms with E-state index in [9.17, 15) is 5.11 Å². The van der Waals surface area contributed by atoms with E-state index in [2.05, 4.69) is 24.0 Å². The molecule has 0 saturated carbocycles. The van der Waals surface area contributed by atoms with Crippen LogP contribution in [-0.2, 0) is 6.42 Å². The first-order chi connectivity index (χ1) is 9.31. The zero-order chi connectivity index (χ0) is 13.5. The molecule has 0 aromatic heterocycles. The Balaban J connectivity index is 1.70. The summed E-state index contributed by atoms with van der Waals surface area (Å²) in [6.07, 6.45) is 3.42. The summed E-state index contributed by atoms with van der Waals surface area (Å²) in [6.45, 7) is 6.29. The van der Waals surface area contributed by atoms with Gasteiger partial charge in [-0.05, 0) is 49.4 Å². The largest absolute Gasteiger partial charge is 0.492 e. The minimum Gasteiger partial charge on any atom is -0.492 e. The Bertz CT molecular complexity index is 364. The minimum absolute atomic E-state index is 0.315. The number of aliphatic hydroxyl groups excluding tert-OH is 1. The molecule has 1 heterocycles. The highest BCUT2D eigenvalue weighted by Crippen LogP contribution is 2.16. The molecule has 1 N–H and O–H groups in total. The van der Waals surface area contributed by atoms with Crippen molar-refractivity contribution in [3.8, 4) is 5.75 Å². The third-order valence-electron chi connectivity index (χ3n) is 3.87. The normalized spacial score (nSPS) is 20.4. The van der Waals surface area contributed by atoms with Crippen LogP contribution in [0.3, 0.4) is 0 Å². The van der Waals surface area contributed by atoms with Crippen molar-refractivity contribution < 1.29 is 9.84 Å². The van der Waals surface area contributed by atoms with E-state index in [0.717, 1.165) is 44.8 Å². The van der Waals surface area contributed by atoms with Crippen LogP contribution in [0, 0.1) is 5.92 Å². The monoisotopic (exact) mass is 263 g/mol. The van der Waals surface area contributed by atoms with E-state index < -0.39 is 0 Å². The molecular weight excluding hydrogens is 238 g/mol. The van der Waals surface area contributed by atoms with E-state index in [0.29, 0.717) is 12.5 Å². The van der Waals surface area contributed by atoms with Gasteiger partial charge < -0.3 is 9.84 Å². The molecule has 0 radical (unpaired) electrons. The van der Waals surface area contributed by atoms with Gasteiger partial charge in [-0.2, -0.15) is 0 Å². The molecule has 19 heavy (non-hydrogen) atoms. The van der Waals surface area contributed by atoms with Crippen LogP contribution in [-0.4, -0.2) is 42.9 Å². The number of hydrogen-bond donors (Lipinski definition) is 1. The highest BCUT2D eigenvalue weighted by Gasteiger charge is 2.18. The quantitative estimate of drug-likeness (QED) is 0.855. The van der Waals surface area contributed by atoms with E-state index in [-0.39, 0.29) is 0 Å². The molecule has 0 spiro atoms. The molecule has 3 heteroatoms. The number of likely N-dealkylation sites (tertiary alicyclic amines) is 1. The van der Waals surface area contributed by atoms with Gasteiger partial charge in [0.25, 0.3) is 0 Å². The summed E-state index contributed by atoms with van der Waals surface area (Å²) in [5, 5.41) is 9.20. The molecular formula is C16H25NO2. The Hall–Kier alpha value is -1.06. The van der Waals surface area contributed by atoms with Crippen LogP contribution in [0.1, 0.15) is 25.3 Å². The van der Waals surface area contributed by atoms with Crippen LogP contribution < -0.4 is 4.74 Å².